The molecular weight excluding hydrogens is 434 g/mol. The summed E-state index contributed by atoms with van der Waals surface area (Å²) in [6, 6.07) is 4.67. The van der Waals surface area contributed by atoms with E-state index in [1.807, 2.05) is 0 Å². The van der Waals surface area contributed by atoms with Crippen molar-refractivity contribution >= 4 is 41.2 Å². The second-order valence-electron chi connectivity index (χ2n) is 7.70. The second-order valence-corrected chi connectivity index (χ2v) is 8.64. The molecule has 2 aliphatic rings. The summed E-state index contributed by atoms with van der Waals surface area (Å²) in [7, 11) is 2.49. The number of carbonyl (C=O) groups excluding carboxylic acids is 3. The van der Waals surface area contributed by atoms with E-state index in [0.29, 0.717) is 11.7 Å². The van der Waals surface area contributed by atoms with Crippen LogP contribution in [0.3, 0.4) is 0 Å². The Morgan fingerprint density at radius 1 is 1.03 bits per heavy atom. The summed E-state index contributed by atoms with van der Waals surface area (Å²) in [6.45, 7) is 1.96. The molecule has 1 aliphatic heterocycles. The van der Waals surface area contributed by atoms with Crippen LogP contribution in [-0.4, -0.2) is 65.7 Å². The molecule has 1 aromatic carbocycles. The van der Waals surface area contributed by atoms with Gasteiger partial charge in [-0.3, -0.25) is 9.36 Å². The van der Waals surface area contributed by atoms with Gasteiger partial charge in [-0.05, 0) is 43.9 Å². The average Bonchev–Trinajstić information content (AvgIpc) is 3.32. The number of hydrogen-bond acceptors (Lipinski definition) is 9. The van der Waals surface area contributed by atoms with E-state index in [4.69, 9.17) is 9.47 Å². The lowest BCUT2D eigenvalue weighted by Gasteiger charge is -2.17. The van der Waals surface area contributed by atoms with E-state index in [9.17, 15) is 14.4 Å². The molecule has 2 fully saturated rings. The maximum Gasteiger partial charge on any atom is 0.337 e. The van der Waals surface area contributed by atoms with Gasteiger partial charge < -0.3 is 19.7 Å². The molecule has 1 saturated carbocycles. The Bertz CT molecular complexity index is 995. The summed E-state index contributed by atoms with van der Waals surface area (Å²) in [5.74, 6) is -0.525. The normalized spacial score (nSPS) is 15.5. The van der Waals surface area contributed by atoms with Gasteiger partial charge >= 0.3 is 11.9 Å². The third-order valence-corrected chi connectivity index (χ3v) is 6.28. The van der Waals surface area contributed by atoms with Gasteiger partial charge in [0, 0.05) is 24.8 Å². The first-order valence-electron chi connectivity index (χ1n) is 10.4. The highest BCUT2D eigenvalue weighted by Gasteiger charge is 2.32. The molecule has 4 rings (SSSR count). The number of hydrogen-bond donors (Lipinski definition) is 1. The number of nitrogens with one attached hydrogen (secondary N) is 1. The highest BCUT2D eigenvalue weighted by molar-refractivity contribution is 7.99. The van der Waals surface area contributed by atoms with Gasteiger partial charge in [0.25, 0.3) is 0 Å². The quantitative estimate of drug-likeness (QED) is 0.469. The van der Waals surface area contributed by atoms with Crippen molar-refractivity contribution < 1.29 is 23.9 Å². The van der Waals surface area contributed by atoms with Crippen molar-refractivity contribution in [1.29, 1.82) is 0 Å². The number of ether oxygens (including phenoxy) is 2. The zero-order valence-corrected chi connectivity index (χ0v) is 18.8. The zero-order chi connectivity index (χ0) is 22.7. The average molecular weight is 460 g/mol. The number of amides is 1. The molecule has 170 valence electrons. The number of benzene rings is 1. The molecule has 1 aliphatic carbocycles. The predicted octanol–water partition coefficient (Wildman–Crippen LogP) is 2.52. The number of carbonyl (C=O) groups is 3. The molecule has 1 saturated heterocycles. The highest BCUT2D eigenvalue weighted by atomic mass is 32.2. The molecule has 32 heavy (non-hydrogen) atoms. The number of thioether (sulfide) groups is 1. The van der Waals surface area contributed by atoms with E-state index in [0.717, 1.165) is 49.9 Å². The van der Waals surface area contributed by atoms with Crippen LogP contribution < -0.4 is 10.2 Å². The summed E-state index contributed by atoms with van der Waals surface area (Å²) in [5, 5.41) is 12.2. The van der Waals surface area contributed by atoms with Crippen molar-refractivity contribution in [2.75, 3.05) is 43.3 Å². The fourth-order valence-electron chi connectivity index (χ4n) is 3.65. The minimum atomic E-state index is -0.618. The van der Waals surface area contributed by atoms with Crippen LogP contribution in [0.5, 0.6) is 0 Å². The molecule has 0 radical (unpaired) electrons. The number of nitrogens with zero attached hydrogens (tertiary/aromatic N) is 4. The number of aromatic nitrogens is 3. The third kappa shape index (κ3) is 4.87. The summed E-state index contributed by atoms with van der Waals surface area (Å²) in [6.07, 6.45) is 4.49. The van der Waals surface area contributed by atoms with Crippen LogP contribution in [0.1, 0.15) is 52.4 Å². The minimum Gasteiger partial charge on any atom is -0.465 e. The molecular formula is C21H25N5O5S. The van der Waals surface area contributed by atoms with Gasteiger partial charge in [0.05, 0.1) is 31.1 Å². The predicted molar refractivity (Wildman–Crippen MR) is 118 cm³/mol. The fraction of sp³-hybridized carbons (Fsp3) is 0.476. The Kier molecular flexibility index (Phi) is 6.63. The third-order valence-electron chi connectivity index (χ3n) is 5.34. The van der Waals surface area contributed by atoms with E-state index < -0.39 is 11.9 Å². The Balaban J connectivity index is 1.45. The van der Waals surface area contributed by atoms with Crippen LogP contribution in [0.15, 0.2) is 23.4 Å². The summed E-state index contributed by atoms with van der Waals surface area (Å²) in [5.41, 5.74) is 0.587. The molecule has 10 nitrogen and oxygen atoms in total. The molecule has 0 atom stereocenters. The van der Waals surface area contributed by atoms with Gasteiger partial charge in [0.1, 0.15) is 0 Å². The number of esters is 2. The van der Waals surface area contributed by atoms with Crippen molar-refractivity contribution in [1.82, 2.24) is 14.8 Å². The van der Waals surface area contributed by atoms with Crippen molar-refractivity contribution in [3.8, 4) is 0 Å². The molecule has 0 bridgehead atoms. The first-order chi connectivity index (χ1) is 15.5. The number of anilines is 2. The monoisotopic (exact) mass is 459 g/mol. The smallest absolute Gasteiger partial charge is 0.337 e. The maximum atomic E-state index is 12.6. The standard InChI is InChI=1S/C21H25N5O5S/c1-30-18(28)13-9-14(19(29)31-2)11-15(10-13)22-17(27)12-32-21-24-23-20(25-7-3-4-8-25)26(21)16-5-6-16/h9-11,16H,3-8,12H2,1-2H3,(H,22,27). The van der Waals surface area contributed by atoms with Gasteiger partial charge in [-0.2, -0.15) is 0 Å². The van der Waals surface area contributed by atoms with Gasteiger partial charge in [0.15, 0.2) is 5.16 Å². The van der Waals surface area contributed by atoms with Crippen LogP contribution in [0.25, 0.3) is 0 Å². The highest BCUT2D eigenvalue weighted by Crippen LogP contribution is 2.41. The Labute approximate surface area is 189 Å². The van der Waals surface area contributed by atoms with Crippen molar-refractivity contribution in [3.05, 3.63) is 29.3 Å². The van der Waals surface area contributed by atoms with Crippen LogP contribution in [0.2, 0.25) is 0 Å². The van der Waals surface area contributed by atoms with Gasteiger partial charge in [-0.15, -0.1) is 10.2 Å². The Morgan fingerprint density at radius 2 is 1.66 bits per heavy atom. The lowest BCUT2D eigenvalue weighted by molar-refractivity contribution is -0.113. The lowest BCUT2D eigenvalue weighted by atomic mass is 10.1. The molecule has 1 N–H and O–H groups in total. The first-order valence-corrected chi connectivity index (χ1v) is 11.4. The van der Waals surface area contributed by atoms with E-state index >= 15 is 0 Å². The Morgan fingerprint density at radius 3 is 2.22 bits per heavy atom. The van der Waals surface area contributed by atoms with Gasteiger partial charge in [0.2, 0.25) is 11.9 Å². The number of methoxy groups -OCH3 is 2. The second kappa shape index (κ2) is 9.60. The van der Waals surface area contributed by atoms with E-state index in [2.05, 4.69) is 25.0 Å². The van der Waals surface area contributed by atoms with Crippen molar-refractivity contribution in [2.45, 2.75) is 36.9 Å². The van der Waals surface area contributed by atoms with Crippen LogP contribution in [0, 0.1) is 0 Å². The minimum absolute atomic E-state index is 0.112. The topological polar surface area (TPSA) is 116 Å². The number of rotatable bonds is 8. The SMILES string of the molecule is COC(=O)c1cc(NC(=O)CSc2nnc(N3CCCC3)n2C2CC2)cc(C(=O)OC)c1. The Hall–Kier alpha value is -3.08. The fourth-order valence-corrected chi connectivity index (χ4v) is 4.45. The van der Waals surface area contributed by atoms with E-state index in [1.165, 1.54) is 44.2 Å². The first kappa shape index (κ1) is 22.1. The van der Waals surface area contributed by atoms with Gasteiger partial charge in [-0.25, -0.2) is 9.59 Å². The van der Waals surface area contributed by atoms with E-state index in [-0.39, 0.29) is 22.8 Å². The molecule has 1 aromatic heterocycles. The summed E-state index contributed by atoms with van der Waals surface area (Å²) in [4.78, 5) is 38.7. The van der Waals surface area contributed by atoms with Crippen molar-refractivity contribution in [2.24, 2.45) is 0 Å². The van der Waals surface area contributed by atoms with Crippen LogP contribution >= 0.6 is 11.8 Å². The zero-order valence-electron chi connectivity index (χ0n) is 18.0. The lowest BCUT2D eigenvalue weighted by Crippen LogP contribution is -2.22. The maximum absolute atomic E-state index is 12.6. The molecule has 11 heteroatoms. The van der Waals surface area contributed by atoms with Crippen molar-refractivity contribution in [3.63, 3.8) is 0 Å². The molecule has 0 spiro atoms. The van der Waals surface area contributed by atoms with Crippen LogP contribution in [0.4, 0.5) is 11.6 Å². The van der Waals surface area contributed by atoms with Gasteiger partial charge in [-0.1, -0.05) is 11.8 Å². The largest absolute Gasteiger partial charge is 0.465 e. The summed E-state index contributed by atoms with van der Waals surface area (Å²) < 4.78 is 11.6. The summed E-state index contributed by atoms with van der Waals surface area (Å²) >= 11 is 1.32. The van der Waals surface area contributed by atoms with Crippen LogP contribution in [-0.2, 0) is 14.3 Å². The van der Waals surface area contributed by atoms with E-state index in [1.54, 1.807) is 0 Å². The molecule has 2 aromatic rings. The molecule has 0 unspecified atom stereocenters. The molecule has 2 heterocycles. The molecule has 1 amide bonds.